The Morgan fingerprint density at radius 3 is 2.41 bits per heavy atom. The Kier molecular flexibility index (Phi) is 7.23. The van der Waals surface area contributed by atoms with Gasteiger partial charge in [-0.05, 0) is 97.1 Å². The van der Waals surface area contributed by atoms with Crippen molar-refractivity contribution in [3.8, 4) is 0 Å². The molecule has 1 spiro atoms. The average Bonchev–Trinajstić information content (AvgIpc) is 3.41. The molecular formula is C25H44N4O3. The molecule has 0 radical (unpaired) electrons. The quantitative estimate of drug-likeness (QED) is 0.637. The molecule has 1 aliphatic carbocycles. The number of likely N-dealkylation sites (tertiary alicyclic amines) is 3. The molecule has 3 amide bonds. The first-order chi connectivity index (χ1) is 15.4. The predicted octanol–water partition coefficient (Wildman–Crippen LogP) is 4.02. The highest BCUT2D eigenvalue weighted by atomic mass is 16.6. The van der Waals surface area contributed by atoms with E-state index in [0.29, 0.717) is 30.0 Å². The fraction of sp³-hybridized carbons (Fsp3) is 0.920. The molecule has 3 aliphatic heterocycles. The van der Waals surface area contributed by atoms with Crippen LogP contribution < -0.4 is 0 Å². The van der Waals surface area contributed by atoms with E-state index in [2.05, 4.69) is 30.6 Å². The van der Waals surface area contributed by atoms with Gasteiger partial charge in [-0.3, -0.25) is 0 Å². The highest BCUT2D eigenvalue weighted by molar-refractivity contribution is 5.75. The maximum atomic E-state index is 13.2. The van der Waals surface area contributed by atoms with Crippen molar-refractivity contribution in [2.45, 2.75) is 90.8 Å². The summed E-state index contributed by atoms with van der Waals surface area (Å²) in [7, 11) is 0. The van der Waals surface area contributed by atoms with Gasteiger partial charge in [0.2, 0.25) is 0 Å². The van der Waals surface area contributed by atoms with Crippen molar-refractivity contribution in [1.29, 1.82) is 0 Å². The third kappa shape index (κ3) is 4.59. The Morgan fingerprint density at radius 2 is 1.78 bits per heavy atom. The van der Waals surface area contributed by atoms with E-state index in [1.165, 1.54) is 32.1 Å². The van der Waals surface area contributed by atoms with Crippen molar-refractivity contribution in [3.05, 3.63) is 0 Å². The molecule has 4 rings (SSSR count). The van der Waals surface area contributed by atoms with Crippen LogP contribution in [-0.4, -0.2) is 95.7 Å². The molecule has 32 heavy (non-hydrogen) atoms. The Morgan fingerprint density at radius 1 is 1.06 bits per heavy atom. The summed E-state index contributed by atoms with van der Waals surface area (Å²) in [6.07, 6.45) is 8.17. The second-order valence-corrected chi connectivity index (χ2v) is 10.9. The van der Waals surface area contributed by atoms with Crippen molar-refractivity contribution in [2.24, 2.45) is 11.3 Å². The molecule has 3 saturated heterocycles. The van der Waals surface area contributed by atoms with Gasteiger partial charge in [-0.25, -0.2) is 9.59 Å². The van der Waals surface area contributed by atoms with Crippen molar-refractivity contribution in [3.63, 3.8) is 0 Å². The van der Waals surface area contributed by atoms with Crippen molar-refractivity contribution in [1.82, 2.24) is 19.6 Å². The molecule has 1 atom stereocenters. The van der Waals surface area contributed by atoms with Crippen LogP contribution >= 0.6 is 0 Å². The Labute approximate surface area is 194 Å². The lowest BCUT2D eigenvalue weighted by Gasteiger charge is -2.52. The maximum Gasteiger partial charge on any atom is 0.409 e. The van der Waals surface area contributed by atoms with Crippen LogP contribution in [0.2, 0.25) is 0 Å². The number of nitrogens with zero attached hydrogens (tertiary/aromatic N) is 4. The fourth-order valence-corrected chi connectivity index (χ4v) is 6.91. The molecule has 0 aromatic carbocycles. The third-order valence-electron chi connectivity index (χ3n) is 8.69. The predicted molar refractivity (Wildman–Crippen MR) is 126 cm³/mol. The third-order valence-corrected chi connectivity index (χ3v) is 8.69. The molecule has 0 aromatic rings. The van der Waals surface area contributed by atoms with Crippen LogP contribution in [0, 0.1) is 11.3 Å². The smallest absolute Gasteiger partial charge is 0.409 e. The van der Waals surface area contributed by atoms with Gasteiger partial charge in [-0.15, -0.1) is 0 Å². The maximum absolute atomic E-state index is 13.2. The second-order valence-electron chi connectivity index (χ2n) is 10.9. The summed E-state index contributed by atoms with van der Waals surface area (Å²) < 4.78 is 5.20. The van der Waals surface area contributed by atoms with Crippen molar-refractivity contribution in [2.75, 3.05) is 45.9 Å². The van der Waals surface area contributed by atoms with Crippen LogP contribution in [0.3, 0.4) is 0 Å². The highest BCUT2D eigenvalue weighted by Crippen LogP contribution is 2.51. The summed E-state index contributed by atoms with van der Waals surface area (Å²) in [4.78, 5) is 34.0. The van der Waals surface area contributed by atoms with Gasteiger partial charge < -0.3 is 24.3 Å². The highest BCUT2D eigenvalue weighted by Gasteiger charge is 2.51. The van der Waals surface area contributed by atoms with Crippen molar-refractivity contribution < 1.29 is 14.3 Å². The summed E-state index contributed by atoms with van der Waals surface area (Å²) in [6.45, 7) is 14.4. The number of rotatable bonds is 5. The van der Waals surface area contributed by atoms with Gasteiger partial charge in [0.05, 0.1) is 6.61 Å². The van der Waals surface area contributed by atoms with E-state index >= 15 is 0 Å². The minimum atomic E-state index is -0.136. The molecule has 0 aromatic heterocycles. The van der Waals surface area contributed by atoms with Gasteiger partial charge in [-0.2, -0.15) is 0 Å². The lowest BCUT2D eigenvalue weighted by Crippen LogP contribution is -2.56. The molecule has 3 heterocycles. The van der Waals surface area contributed by atoms with Gasteiger partial charge in [0, 0.05) is 44.3 Å². The molecule has 4 fully saturated rings. The largest absolute Gasteiger partial charge is 0.450 e. The van der Waals surface area contributed by atoms with Gasteiger partial charge >= 0.3 is 12.1 Å². The minimum Gasteiger partial charge on any atom is -0.450 e. The molecular weight excluding hydrogens is 404 g/mol. The molecule has 4 aliphatic rings. The van der Waals surface area contributed by atoms with Crippen LogP contribution in [-0.2, 0) is 4.74 Å². The SMILES string of the molecule is CCOC(=O)N1CCC2(CC(N3CCC([C@@H]4CCCN4C(=O)N(CC)C(C)C)CC3)C2)C1. The molecule has 0 bridgehead atoms. The summed E-state index contributed by atoms with van der Waals surface area (Å²) in [5, 5.41) is 0. The van der Waals surface area contributed by atoms with E-state index in [9.17, 15) is 9.59 Å². The van der Waals surface area contributed by atoms with Crippen LogP contribution in [0.25, 0.3) is 0 Å². The first-order valence-electron chi connectivity index (χ1n) is 13.1. The number of amides is 3. The zero-order valence-corrected chi connectivity index (χ0v) is 20.7. The fourth-order valence-electron chi connectivity index (χ4n) is 6.91. The number of piperidine rings is 1. The van der Waals surface area contributed by atoms with Crippen LogP contribution in [0.15, 0.2) is 0 Å². The number of hydrogen-bond acceptors (Lipinski definition) is 4. The van der Waals surface area contributed by atoms with Gasteiger partial charge in [0.1, 0.15) is 0 Å². The number of carbonyl (C=O) groups excluding carboxylic acids is 2. The van der Waals surface area contributed by atoms with Crippen LogP contribution in [0.4, 0.5) is 9.59 Å². The lowest BCUT2D eigenvalue weighted by molar-refractivity contribution is -0.0150. The summed E-state index contributed by atoms with van der Waals surface area (Å²) in [5.74, 6) is 0.642. The zero-order chi connectivity index (χ0) is 22.9. The standard InChI is InChI=1S/C25H44N4O3/c1-5-28(19(3)4)23(30)29-12-7-8-22(29)20-9-13-26(14-10-20)21-16-25(17-21)11-15-27(18-25)24(31)32-6-2/h19-22H,5-18H2,1-4H3/t21?,22-,25?/m0/s1. The van der Waals surface area contributed by atoms with Gasteiger partial charge in [0.25, 0.3) is 0 Å². The van der Waals surface area contributed by atoms with Crippen LogP contribution in [0.5, 0.6) is 0 Å². The topological polar surface area (TPSA) is 56.3 Å². The average molecular weight is 449 g/mol. The monoisotopic (exact) mass is 448 g/mol. The van der Waals surface area contributed by atoms with Gasteiger partial charge in [0.15, 0.2) is 0 Å². The normalized spacial score (nSPS) is 31.4. The summed E-state index contributed by atoms with van der Waals surface area (Å²) in [6, 6.07) is 1.62. The number of ether oxygens (including phenoxy) is 1. The molecule has 7 nitrogen and oxygen atoms in total. The van der Waals surface area contributed by atoms with E-state index in [1.54, 1.807) is 0 Å². The van der Waals surface area contributed by atoms with E-state index in [1.807, 2.05) is 16.7 Å². The molecule has 1 saturated carbocycles. The van der Waals surface area contributed by atoms with E-state index in [4.69, 9.17) is 4.74 Å². The Balaban J connectivity index is 1.25. The minimum absolute atomic E-state index is 0.136. The Hall–Kier alpha value is -1.50. The van der Waals surface area contributed by atoms with E-state index < -0.39 is 0 Å². The van der Waals surface area contributed by atoms with Gasteiger partial charge in [-0.1, -0.05) is 0 Å². The van der Waals surface area contributed by atoms with E-state index in [-0.39, 0.29) is 18.2 Å². The molecule has 0 unspecified atom stereocenters. The summed E-state index contributed by atoms with van der Waals surface area (Å²) in [5.41, 5.74) is 0.337. The van der Waals surface area contributed by atoms with E-state index in [0.717, 1.165) is 52.1 Å². The molecule has 182 valence electrons. The lowest BCUT2D eigenvalue weighted by atomic mass is 9.64. The summed E-state index contributed by atoms with van der Waals surface area (Å²) >= 11 is 0. The second kappa shape index (κ2) is 9.78. The molecule has 0 N–H and O–H groups in total. The number of carbonyl (C=O) groups is 2. The Bertz CT molecular complexity index is 670. The van der Waals surface area contributed by atoms with Crippen LogP contribution in [0.1, 0.15) is 72.6 Å². The zero-order valence-electron chi connectivity index (χ0n) is 20.7. The first kappa shape index (κ1) is 23.7. The number of hydrogen-bond donors (Lipinski definition) is 0. The van der Waals surface area contributed by atoms with Crippen molar-refractivity contribution >= 4 is 12.1 Å². The number of urea groups is 1. The molecule has 7 heteroatoms. The first-order valence-corrected chi connectivity index (χ1v) is 13.1.